The Morgan fingerprint density at radius 2 is 2.21 bits per heavy atom. The van der Waals surface area contributed by atoms with Crippen LogP contribution in [-0.2, 0) is 0 Å². The third kappa shape index (κ3) is 3.96. The Hall–Kier alpha value is -0.540. The lowest BCUT2D eigenvalue weighted by Crippen LogP contribution is -2.24. The standard InChI is InChI=1S/C16H26N2S/c1-5-11-18-12-7-9-14(18)13-8-6-10-17-15(13)19-16(2,3)4/h6,8,10,14H,5,7,9,11-12H2,1-4H3/t14-/m1/s1. The Morgan fingerprint density at radius 3 is 2.89 bits per heavy atom. The predicted octanol–water partition coefficient (Wildman–Crippen LogP) is 4.52. The summed E-state index contributed by atoms with van der Waals surface area (Å²) in [5.74, 6) is 0. The van der Waals surface area contributed by atoms with Crippen LogP contribution in [0.4, 0.5) is 0 Å². The highest BCUT2D eigenvalue weighted by Crippen LogP contribution is 2.39. The third-order valence-corrected chi connectivity index (χ3v) is 4.58. The molecular weight excluding hydrogens is 252 g/mol. The van der Waals surface area contributed by atoms with Gasteiger partial charge in [0.2, 0.25) is 0 Å². The zero-order chi connectivity index (χ0) is 13.9. The highest BCUT2D eigenvalue weighted by molar-refractivity contribution is 8.00. The topological polar surface area (TPSA) is 16.1 Å². The van der Waals surface area contributed by atoms with Gasteiger partial charge in [-0.3, -0.25) is 4.90 Å². The zero-order valence-corrected chi connectivity index (χ0v) is 13.5. The van der Waals surface area contributed by atoms with Crippen molar-refractivity contribution in [2.24, 2.45) is 0 Å². The molecule has 0 spiro atoms. The molecule has 0 bridgehead atoms. The molecular formula is C16H26N2S. The minimum absolute atomic E-state index is 0.220. The molecule has 0 N–H and O–H groups in total. The highest BCUT2D eigenvalue weighted by Gasteiger charge is 2.28. The van der Waals surface area contributed by atoms with Gasteiger partial charge in [-0.25, -0.2) is 4.98 Å². The molecule has 106 valence electrons. The number of rotatable bonds is 4. The van der Waals surface area contributed by atoms with Gasteiger partial charge < -0.3 is 0 Å². The molecule has 0 aromatic carbocycles. The summed E-state index contributed by atoms with van der Waals surface area (Å²) in [7, 11) is 0. The van der Waals surface area contributed by atoms with Gasteiger partial charge in [-0.1, -0.05) is 33.8 Å². The maximum Gasteiger partial charge on any atom is 0.101 e. The second-order valence-corrected chi connectivity index (χ2v) is 8.12. The van der Waals surface area contributed by atoms with E-state index in [1.54, 1.807) is 0 Å². The number of likely N-dealkylation sites (tertiary alicyclic amines) is 1. The number of thioether (sulfide) groups is 1. The Balaban J connectivity index is 2.23. The molecule has 3 heteroatoms. The average Bonchev–Trinajstić information content (AvgIpc) is 2.76. The van der Waals surface area contributed by atoms with Crippen molar-refractivity contribution >= 4 is 11.8 Å². The summed E-state index contributed by atoms with van der Waals surface area (Å²) in [6, 6.07) is 4.95. The van der Waals surface area contributed by atoms with Gasteiger partial charge in [0.15, 0.2) is 0 Å². The van der Waals surface area contributed by atoms with Crippen molar-refractivity contribution in [1.29, 1.82) is 0 Å². The van der Waals surface area contributed by atoms with Crippen molar-refractivity contribution in [3.05, 3.63) is 23.9 Å². The lowest BCUT2D eigenvalue weighted by Gasteiger charge is -2.27. The normalized spacial score (nSPS) is 20.9. The maximum absolute atomic E-state index is 4.64. The number of hydrogen-bond acceptors (Lipinski definition) is 3. The van der Waals surface area contributed by atoms with Crippen LogP contribution in [0, 0.1) is 0 Å². The van der Waals surface area contributed by atoms with Gasteiger partial charge in [0.05, 0.1) is 0 Å². The summed E-state index contributed by atoms with van der Waals surface area (Å²) >= 11 is 1.90. The van der Waals surface area contributed by atoms with E-state index < -0.39 is 0 Å². The molecule has 2 heterocycles. The van der Waals surface area contributed by atoms with E-state index in [4.69, 9.17) is 0 Å². The monoisotopic (exact) mass is 278 g/mol. The Kier molecular flexibility index (Phi) is 4.91. The molecule has 1 aliphatic rings. The Morgan fingerprint density at radius 1 is 1.42 bits per heavy atom. The molecule has 19 heavy (non-hydrogen) atoms. The van der Waals surface area contributed by atoms with Gasteiger partial charge in [-0.2, -0.15) is 0 Å². The van der Waals surface area contributed by atoms with Gasteiger partial charge in [0, 0.05) is 22.5 Å². The summed E-state index contributed by atoms with van der Waals surface area (Å²) in [6.45, 7) is 11.5. The average molecular weight is 278 g/mol. The van der Waals surface area contributed by atoms with E-state index in [0.29, 0.717) is 6.04 Å². The van der Waals surface area contributed by atoms with Gasteiger partial charge in [-0.05, 0) is 38.4 Å². The largest absolute Gasteiger partial charge is 0.296 e. The Labute approximate surface area is 122 Å². The second-order valence-electron chi connectivity index (χ2n) is 6.31. The molecule has 1 aliphatic heterocycles. The fraction of sp³-hybridized carbons (Fsp3) is 0.688. The minimum Gasteiger partial charge on any atom is -0.296 e. The molecule has 1 saturated heterocycles. The van der Waals surface area contributed by atoms with Crippen LogP contribution >= 0.6 is 11.8 Å². The van der Waals surface area contributed by atoms with Crippen molar-refractivity contribution < 1.29 is 0 Å². The molecule has 0 unspecified atom stereocenters. The first-order chi connectivity index (χ1) is 9.01. The molecule has 0 amide bonds. The van der Waals surface area contributed by atoms with Gasteiger partial charge in [-0.15, -0.1) is 11.8 Å². The molecule has 1 aromatic rings. The van der Waals surface area contributed by atoms with Crippen molar-refractivity contribution in [2.45, 2.75) is 62.8 Å². The van der Waals surface area contributed by atoms with Crippen LogP contribution in [0.1, 0.15) is 58.6 Å². The predicted molar refractivity (Wildman–Crippen MR) is 83.7 cm³/mol. The zero-order valence-electron chi connectivity index (χ0n) is 12.6. The number of nitrogens with zero attached hydrogens (tertiary/aromatic N) is 2. The van der Waals surface area contributed by atoms with E-state index in [9.17, 15) is 0 Å². The number of aromatic nitrogens is 1. The first kappa shape index (κ1) is 14.9. The first-order valence-corrected chi connectivity index (χ1v) is 8.21. The fourth-order valence-corrected chi connectivity index (χ4v) is 3.78. The summed E-state index contributed by atoms with van der Waals surface area (Å²) in [4.78, 5) is 7.27. The molecule has 2 nitrogen and oxygen atoms in total. The summed E-state index contributed by atoms with van der Waals surface area (Å²) in [5, 5.41) is 1.23. The number of pyridine rings is 1. The minimum atomic E-state index is 0.220. The molecule has 0 saturated carbocycles. The van der Waals surface area contributed by atoms with Gasteiger partial charge >= 0.3 is 0 Å². The van der Waals surface area contributed by atoms with E-state index >= 15 is 0 Å². The van der Waals surface area contributed by atoms with Crippen molar-refractivity contribution in [3.63, 3.8) is 0 Å². The second kappa shape index (κ2) is 6.27. The van der Waals surface area contributed by atoms with E-state index in [-0.39, 0.29) is 4.75 Å². The lowest BCUT2D eigenvalue weighted by atomic mass is 10.1. The van der Waals surface area contributed by atoms with Crippen LogP contribution in [0.15, 0.2) is 23.4 Å². The first-order valence-electron chi connectivity index (χ1n) is 7.39. The van der Waals surface area contributed by atoms with Gasteiger partial charge in [0.1, 0.15) is 5.03 Å². The van der Waals surface area contributed by atoms with E-state index in [0.717, 1.165) is 0 Å². The smallest absolute Gasteiger partial charge is 0.101 e. The van der Waals surface area contributed by atoms with Crippen molar-refractivity contribution in [3.8, 4) is 0 Å². The summed E-state index contributed by atoms with van der Waals surface area (Å²) in [5.41, 5.74) is 1.44. The third-order valence-electron chi connectivity index (χ3n) is 3.44. The Bertz CT molecular complexity index is 411. The van der Waals surface area contributed by atoms with Crippen molar-refractivity contribution in [2.75, 3.05) is 13.1 Å². The number of hydrogen-bond donors (Lipinski definition) is 0. The van der Waals surface area contributed by atoms with Crippen LogP contribution < -0.4 is 0 Å². The lowest BCUT2D eigenvalue weighted by molar-refractivity contribution is 0.254. The molecule has 1 atom stereocenters. The van der Waals surface area contributed by atoms with Gasteiger partial charge in [0.25, 0.3) is 0 Å². The highest BCUT2D eigenvalue weighted by atomic mass is 32.2. The van der Waals surface area contributed by atoms with E-state index in [1.807, 2.05) is 18.0 Å². The molecule has 1 fully saturated rings. The summed E-state index contributed by atoms with van der Waals surface area (Å²) < 4.78 is 0.220. The van der Waals surface area contributed by atoms with Crippen LogP contribution in [-0.4, -0.2) is 27.7 Å². The van der Waals surface area contributed by atoms with E-state index in [2.05, 4.69) is 49.7 Å². The van der Waals surface area contributed by atoms with Crippen LogP contribution in [0.2, 0.25) is 0 Å². The van der Waals surface area contributed by atoms with Crippen LogP contribution in [0.25, 0.3) is 0 Å². The fourth-order valence-electron chi connectivity index (χ4n) is 2.77. The van der Waals surface area contributed by atoms with E-state index in [1.165, 1.54) is 42.9 Å². The molecule has 0 aliphatic carbocycles. The molecule has 0 radical (unpaired) electrons. The quantitative estimate of drug-likeness (QED) is 0.753. The maximum atomic E-state index is 4.64. The summed E-state index contributed by atoms with van der Waals surface area (Å²) in [6.07, 6.45) is 5.76. The van der Waals surface area contributed by atoms with Crippen LogP contribution in [0.5, 0.6) is 0 Å². The SMILES string of the molecule is CCCN1CCC[C@@H]1c1cccnc1SC(C)(C)C. The molecule has 2 rings (SSSR count). The van der Waals surface area contributed by atoms with Crippen LogP contribution in [0.3, 0.4) is 0 Å². The van der Waals surface area contributed by atoms with Crippen molar-refractivity contribution in [1.82, 2.24) is 9.88 Å². The molecule has 1 aromatic heterocycles.